The van der Waals surface area contributed by atoms with Gasteiger partial charge in [-0.1, -0.05) is 0 Å². The highest BCUT2D eigenvalue weighted by molar-refractivity contribution is 7.89. The average Bonchev–Trinajstić information content (AvgIpc) is 2.60. The van der Waals surface area contributed by atoms with Crippen LogP contribution in [-0.2, 0) is 17.1 Å². The highest BCUT2D eigenvalue weighted by Crippen LogP contribution is 2.17. The van der Waals surface area contributed by atoms with Gasteiger partial charge in [-0.15, -0.1) is 0 Å². The van der Waals surface area contributed by atoms with Crippen LogP contribution in [0.2, 0.25) is 0 Å². The molecule has 17 heavy (non-hydrogen) atoms. The Labute approximate surface area is 97.9 Å². The number of aromatic nitrogens is 4. The minimum atomic E-state index is -3.47. The lowest BCUT2D eigenvalue weighted by Gasteiger charge is -2.04. The van der Waals surface area contributed by atoms with Crippen molar-refractivity contribution >= 4 is 26.9 Å². The summed E-state index contributed by atoms with van der Waals surface area (Å²) in [6, 6.07) is 0. The smallest absolute Gasteiger partial charge is 0.210 e. The highest BCUT2D eigenvalue weighted by atomic mass is 32.2. The van der Waals surface area contributed by atoms with Gasteiger partial charge >= 0.3 is 0 Å². The number of nitrogens with two attached hydrogens (primary N) is 1. The first kappa shape index (κ1) is 11.7. The lowest BCUT2D eigenvalue weighted by molar-refractivity contribution is 0.598. The van der Waals surface area contributed by atoms with Crippen molar-refractivity contribution in [3.05, 3.63) is 12.5 Å². The van der Waals surface area contributed by atoms with Crippen LogP contribution >= 0.6 is 0 Å². The minimum Gasteiger partial charge on any atom is -0.368 e. The van der Waals surface area contributed by atoms with Crippen LogP contribution in [0.3, 0.4) is 0 Å². The molecule has 92 valence electrons. The normalized spacial score (nSPS) is 11.9. The second-order valence-electron chi connectivity index (χ2n) is 3.52. The maximum absolute atomic E-state index is 10.8. The van der Waals surface area contributed by atoms with Crippen molar-refractivity contribution in [3.63, 3.8) is 0 Å². The summed E-state index contributed by atoms with van der Waals surface area (Å²) in [5.74, 6) is 0.394. The zero-order valence-corrected chi connectivity index (χ0v) is 9.98. The van der Waals surface area contributed by atoms with Crippen LogP contribution in [-0.4, -0.2) is 40.5 Å². The van der Waals surface area contributed by atoms with Crippen LogP contribution in [0, 0.1) is 0 Å². The van der Waals surface area contributed by atoms with Gasteiger partial charge in [0.2, 0.25) is 10.0 Å². The van der Waals surface area contributed by atoms with Crippen LogP contribution in [0.5, 0.6) is 0 Å². The Balaban J connectivity index is 2.19. The molecule has 2 rings (SSSR count). The number of hydrogen-bond acceptors (Lipinski definition) is 6. The third-order valence-electron chi connectivity index (χ3n) is 2.21. The zero-order chi connectivity index (χ0) is 12.5. The Hall–Kier alpha value is -1.74. The van der Waals surface area contributed by atoms with E-state index in [4.69, 9.17) is 5.14 Å². The number of sulfonamides is 1. The number of anilines is 1. The molecule has 0 radical (unpaired) electrons. The molecule has 0 aliphatic carbocycles. The van der Waals surface area contributed by atoms with E-state index in [0.29, 0.717) is 11.5 Å². The Bertz CT molecular complexity index is 635. The zero-order valence-electron chi connectivity index (χ0n) is 9.16. The fourth-order valence-corrected chi connectivity index (χ4v) is 1.80. The van der Waals surface area contributed by atoms with Crippen molar-refractivity contribution in [1.29, 1.82) is 0 Å². The van der Waals surface area contributed by atoms with Gasteiger partial charge in [0.1, 0.15) is 12.1 Å². The maximum atomic E-state index is 10.8. The number of rotatable bonds is 4. The van der Waals surface area contributed by atoms with Crippen molar-refractivity contribution in [2.45, 2.75) is 0 Å². The molecule has 2 heterocycles. The summed E-state index contributed by atoms with van der Waals surface area (Å²) in [7, 11) is -1.70. The first-order chi connectivity index (χ1) is 7.97. The van der Waals surface area contributed by atoms with Crippen LogP contribution in [0.1, 0.15) is 0 Å². The monoisotopic (exact) mass is 256 g/mol. The van der Waals surface area contributed by atoms with Crippen LogP contribution in [0.4, 0.5) is 5.82 Å². The number of nitrogens with one attached hydrogen (secondary N) is 1. The van der Waals surface area contributed by atoms with E-state index in [2.05, 4.69) is 20.4 Å². The molecule has 0 fully saturated rings. The maximum Gasteiger partial charge on any atom is 0.210 e. The molecule has 0 atom stereocenters. The van der Waals surface area contributed by atoms with E-state index in [-0.39, 0.29) is 12.3 Å². The average molecular weight is 256 g/mol. The third kappa shape index (κ3) is 2.68. The minimum absolute atomic E-state index is 0.154. The van der Waals surface area contributed by atoms with E-state index < -0.39 is 10.0 Å². The van der Waals surface area contributed by atoms with Gasteiger partial charge in [0, 0.05) is 13.6 Å². The number of primary sulfonamides is 1. The lowest BCUT2D eigenvalue weighted by atomic mass is 10.4. The van der Waals surface area contributed by atoms with Crippen molar-refractivity contribution in [1.82, 2.24) is 19.7 Å². The topological polar surface area (TPSA) is 116 Å². The first-order valence-electron chi connectivity index (χ1n) is 4.84. The second kappa shape index (κ2) is 4.26. The summed E-state index contributed by atoms with van der Waals surface area (Å²) in [5, 5.41) is 12.6. The van der Waals surface area contributed by atoms with Gasteiger partial charge in [-0.25, -0.2) is 23.5 Å². The molecule has 8 nitrogen and oxygen atoms in total. The largest absolute Gasteiger partial charge is 0.368 e. The molecule has 0 aliphatic heterocycles. The SMILES string of the molecule is Cn1ncc2c(NCCS(N)(=O)=O)ncnc21. The first-order valence-corrected chi connectivity index (χ1v) is 6.56. The fourth-order valence-electron chi connectivity index (χ4n) is 1.41. The van der Waals surface area contributed by atoms with Crippen molar-refractivity contribution < 1.29 is 8.42 Å². The Morgan fingerprint density at radius 2 is 2.24 bits per heavy atom. The predicted molar refractivity (Wildman–Crippen MR) is 62.8 cm³/mol. The molecule has 0 aliphatic rings. The van der Waals surface area contributed by atoms with Crippen molar-refractivity contribution in [2.24, 2.45) is 12.2 Å². The van der Waals surface area contributed by atoms with Crippen molar-refractivity contribution in [2.75, 3.05) is 17.6 Å². The summed E-state index contributed by atoms with van der Waals surface area (Å²) in [6.07, 6.45) is 3.01. The van der Waals surface area contributed by atoms with Gasteiger partial charge < -0.3 is 5.32 Å². The van der Waals surface area contributed by atoms with E-state index in [0.717, 1.165) is 5.39 Å². The van der Waals surface area contributed by atoms with E-state index in [1.54, 1.807) is 17.9 Å². The molecule has 0 amide bonds. The molecule has 9 heteroatoms. The number of nitrogens with zero attached hydrogens (tertiary/aromatic N) is 4. The van der Waals surface area contributed by atoms with E-state index in [1.807, 2.05) is 0 Å². The van der Waals surface area contributed by atoms with E-state index in [1.165, 1.54) is 6.33 Å². The molecule has 0 spiro atoms. The Morgan fingerprint density at radius 1 is 1.47 bits per heavy atom. The molecule has 0 saturated carbocycles. The summed E-state index contributed by atoms with van der Waals surface area (Å²) >= 11 is 0. The lowest BCUT2D eigenvalue weighted by Crippen LogP contribution is -2.22. The molecule has 2 aromatic heterocycles. The highest BCUT2D eigenvalue weighted by Gasteiger charge is 2.08. The molecule has 0 aromatic carbocycles. The van der Waals surface area contributed by atoms with Crippen molar-refractivity contribution in [3.8, 4) is 0 Å². The van der Waals surface area contributed by atoms with Crippen LogP contribution in [0.15, 0.2) is 12.5 Å². The molecule has 0 bridgehead atoms. The fraction of sp³-hybridized carbons (Fsp3) is 0.375. The molecule has 3 N–H and O–H groups in total. The van der Waals surface area contributed by atoms with Crippen LogP contribution < -0.4 is 10.5 Å². The molecule has 2 aromatic rings. The van der Waals surface area contributed by atoms with Gasteiger partial charge in [-0.3, -0.25) is 4.68 Å². The third-order valence-corrected chi connectivity index (χ3v) is 2.98. The Morgan fingerprint density at radius 3 is 2.94 bits per heavy atom. The quantitative estimate of drug-likeness (QED) is 0.729. The van der Waals surface area contributed by atoms with Gasteiger partial charge in [0.15, 0.2) is 5.65 Å². The van der Waals surface area contributed by atoms with E-state index >= 15 is 0 Å². The molecular formula is C8H12N6O2S. The predicted octanol–water partition coefficient (Wildman–Crippen LogP) is -0.936. The molecular weight excluding hydrogens is 244 g/mol. The standard InChI is InChI=1S/C8H12N6O2S/c1-14-8-6(4-13-14)7(11-5-12-8)10-2-3-17(9,15)16/h4-5H,2-3H2,1H3,(H2,9,15,16)(H,10,11,12). The Kier molecular flexibility index (Phi) is 2.94. The van der Waals surface area contributed by atoms with Gasteiger partial charge in [0.05, 0.1) is 17.3 Å². The van der Waals surface area contributed by atoms with Gasteiger partial charge in [-0.2, -0.15) is 5.10 Å². The number of hydrogen-bond donors (Lipinski definition) is 2. The van der Waals surface area contributed by atoms with Gasteiger partial charge in [-0.05, 0) is 0 Å². The summed E-state index contributed by atoms with van der Waals surface area (Å²) in [4.78, 5) is 8.09. The van der Waals surface area contributed by atoms with Crippen LogP contribution in [0.25, 0.3) is 11.0 Å². The summed E-state index contributed by atoms with van der Waals surface area (Å²) in [6.45, 7) is 0.194. The molecule has 0 unspecified atom stereocenters. The van der Waals surface area contributed by atoms with E-state index in [9.17, 15) is 8.42 Å². The molecule has 0 saturated heterocycles. The number of fused-ring (bicyclic) bond motifs is 1. The number of aryl methyl sites for hydroxylation is 1. The van der Waals surface area contributed by atoms with Gasteiger partial charge in [0.25, 0.3) is 0 Å². The summed E-state index contributed by atoms with van der Waals surface area (Å²) in [5.41, 5.74) is 0.679. The summed E-state index contributed by atoms with van der Waals surface area (Å²) < 4.78 is 23.2. The second-order valence-corrected chi connectivity index (χ2v) is 5.26.